The van der Waals surface area contributed by atoms with Crippen molar-refractivity contribution >= 4 is 17.5 Å². The lowest BCUT2D eigenvalue weighted by Gasteiger charge is -2.49. The molecular formula is C20H30ClN7O2. The van der Waals surface area contributed by atoms with Gasteiger partial charge in [0.25, 0.3) is 0 Å². The van der Waals surface area contributed by atoms with E-state index in [0.717, 1.165) is 38.1 Å². The lowest BCUT2D eigenvalue weighted by atomic mass is 9.73. The quantitative estimate of drug-likeness (QED) is 0.481. The zero-order valence-electron chi connectivity index (χ0n) is 17.3. The summed E-state index contributed by atoms with van der Waals surface area (Å²) in [7, 11) is 1.88. The summed E-state index contributed by atoms with van der Waals surface area (Å²) in [5, 5.41) is 4.05. The summed E-state index contributed by atoms with van der Waals surface area (Å²) >= 11 is 6.06. The molecule has 0 saturated carbocycles. The Morgan fingerprint density at radius 3 is 2.77 bits per heavy atom. The van der Waals surface area contributed by atoms with Gasteiger partial charge < -0.3 is 15.4 Å². The number of amides is 1. The molecule has 0 aromatic carbocycles. The molecule has 164 valence electrons. The van der Waals surface area contributed by atoms with Gasteiger partial charge in [0.1, 0.15) is 11.4 Å². The maximum absolute atomic E-state index is 13.4. The van der Waals surface area contributed by atoms with Crippen molar-refractivity contribution in [1.82, 2.24) is 31.0 Å². The Morgan fingerprint density at radius 1 is 1.33 bits per heavy atom. The van der Waals surface area contributed by atoms with Gasteiger partial charge in [-0.3, -0.25) is 15.0 Å². The summed E-state index contributed by atoms with van der Waals surface area (Å²) in [4.78, 5) is 21.6. The van der Waals surface area contributed by atoms with E-state index in [1.54, 1.807) is 12.3 Å². The van der Waals surface area contributed by atoms with Gasteiger partial charge in [-0.1, -0.05) is 11.6 Å². The third-order valence-electron chi connectivity index (χ3n) is 7.54. The van der Waals surface area contributed by atoms with Crippen LogP contribution in [-0.2, 0) is 9.53 Å². The fraction of sp³-hybridized carbons (Fsp3) is 0.700. The lowest BCUT2D eigenvalue weighted by molar-refractivity contribution is -0.151. The number of nitrogens with one attached hydrogen (secondary N) is 3. The number of rotatable bonds is 2. The number of aromatic nitrogens is 1. The summed E-state index contributed by atoms with van der Waals surface area (Å²) < 4.78 is 5.84. The van der Waals surface area contributed by atoms with E-state index in [-0.39, 0.29) is 47.9 Å². The molecule has 1 spiro atoms. The molecule has 4 fully saturated rings. The minimum atomic E-state index is -0.265. The van der Waals surface area contributed by atoms with Crippen LogP contribution in [0.1, 0.15) is 31.4 Å². The highest BCUT2D eigenvalue weighted by Crippen LogP contribution is 2.42. The van der Waals surface area contributed by atoms with Crippen LogP contribution in [0.5, 0.6) is 0 Å². The molecule has 1 aromatic heterocycles. The second kappa shape index (κ2) is 7.67. The molecule has 5 N–H and O–H groups in total. The van der Waals surface area contributed by atoms with Gasteiger partial charge in [-0.25, -0.2) is 15.8 Å². The van der Waals surface area contributed by atoms with Gasteiger partial charge in [-0.15, -0.1) is 0 Å². The highest BCUT2D eigenvalue weighted by Gasteiger charge is 2.52. The summed E-state index contributed by atoms with van der Waals surface area (Å²) in [6, 6.07) is 3.61. The number of piperidine rings is 1. The van der Waals surface area contributed by atoms with Crippen molar-refractivity contribution in [2.45, 2.75) is 50.4 Å². The molecule has 4 aliphatic rings. The fourth-order valence-electron chi connectivity index (χ4n) is 5.55. The maximum Gasteiger partial charge on any atom is 0.232 e. The van der Waals surface area contributed by atoms with Crippen LogP contribution in [-0.4, -0.2) is 72.0 Å². The van der Waals surface area contributed by atoms with Crippen molar-refractivity contribution in [1.29, 1.82) is 0 Å². The number of fused-ring (bicyclic) bond motifs is 1. The second-order valence-electron chi connectivity index (χ2n) is 9.11. The molecule has 4 unspecified atom stereocenters. The van der Waals surface area contributed by atoms with Crippen molar-refractivity contribution < 1.29 is 9.53 Å². The Morgan fingerprint density at radius 2 is 2.10 bits per heavy atom. The monoisotopic (exact) mass is 435 g/mol. The van der Waals surface area contributed by atoms with Gasteiger partial charge in [-0.05, 0) is 37.5 Å². The molecule has 1 aromatic rings. The van der Waals surface area contributed by atoms with Gasteiger partial charge in [-0.2, -0.15) is 0 Å². The summed E-state index contributed by atoms with van der Waals surface area (Å²) in [6.45, 7) is 4.56. The van der Waals surface area contributed by atoms with Crippen molar-refractivity contribution in [3.8, 4) is 0 Å². The number of hydrogen-bond donors (Lipinski definition) is 4. The standard InChI is InChI=1S/C20H30ClN7O2/c1-11-16(22)20(10-30-11)4-7-28(8-5-20)19-24-17-14(18(29)27(19)2)15(25-26-17)12-3-6-23-13(21)9-12/h3,6,9,11,14-17,19,24-26H,4-5,7-8,10,22H2,1-2H3/t11-,14?,15?,16+,17?,19?/m0/s1. The van der Waals surface area contributed by atoms with E-state index >= 15 is 0 Å². The Bertz CT molecular complexity index is 818. The van der Waals surface area contributed by atoms with E-state index in [4.69, 9.17) is 22.1 Å². The molecule has 4 aliphatic heterocycles. The van der Waals surface area contributed by atoms with Gasteiger partial charge in [0.2, 0.25) is 5.91 Å². The predicted octanol–water partition coefficient (Wildman–Crippen LogP) is -0.000400. The van der Waals surface area contributed by atoms with Crippen LogP contribution in [0.2, 0.25) is 5.15 Å². The first-order valence-corrected chi connectivity index (χ1v) is 11.0. The third kappa shape index (κ3) is 3.24. The minimum absolute atomic E-state index is 0.0641. The topological polar surface area (TPSA) is 108 Å². The molecular weight excluding hydrogens is 406 g/mol. The number of hydrogen-bond acceptors (Lipinski definition) is 8. The number of likely N-dealkylation sites (tertiary alicyclic amines) is 1. The Kier molecular flexibility index (Phi) is 5.26. The van der Waals surface area contributed by atoms with Crippen LogP contribution in [0.25, 0.3) is 0 Å². The van der Waals surface area contributed by atoms with Crippen LogP contribution in [0, 0.1) is 11.3 Å². The molecule has 4 saturated heterocycles. The summed E-state index contributed by atoms with van der Waals surface area (Å²) in [5.41, 5.74) is 14.0. The Hall–Kier alpha value is -1.33. The van der Waals surface area contributed by atoms with E-state index in [1.807, 2.05) is 18.0 Å². The number of nitrogens with zero attached hydrogens (tertiary/aromatic N) is 3. The van der Waals surface area contributed by atoms with Crippen molar-refractivity contribution in [3.05, 3.63) is 29.0 Å². The van der Waals surface area contributed by atoms with Crippen LogP contribution in [0.4, 0.5) is 0 Å². The Labute approximate surface area is 181 Å². The van der Waals surface area contributed by atoms with Crippen LogP contribution < -0.4 is 21.9 Å². The number of hydrazine groups is 1. The van der Waals surface area contributed by atoms with E-state index in [9.17, 15) is 4.79 Å². The van der Waals surface area contributed by atoms with Gasteiger partial charge in [0.05, 0.1) is 30.8 Å². The zero-order chi connectivity index (χ0) is 21.0. The molecule has 5 rings (SSSR count). The summed E-state index contributed by atoms with van der Waals surface area (Å²) in [6.07, 6.45) is 3.43. The number of ether oxygens (including phenoxy) is 1. The van der Waals surface area contributed by atoms with Crippen molar-refractivity contribution in [3.63, 3.8) is 0 Å². The van der Waals surface area contributed by atoms with E-state index < -0.39 is 0 Å². The van der Waals surface area contributed by atoms with Gasteiger partial charge in [0, 0.05) is 37.8 Å². The van der Waals surface area contributed by atoms with Crippen LogP contribution >= 0.6 is 11.6 Å². The first kappa shape index (κ1) is 20.6. The maximum atomic E-state index is 13.4. The molecule has 9 nitrogen and oxygen atoms in total. The molecule has 0 aliphatic carbocycles. The smallest absolute Gasteiger partial charge is 0.232 e. The fourth-order valence-corrected chi connectivity index (χ4v) is 5.73. The molecule has 30 heavy (non-hydrogen) atoms. The van der Waals surface area contributed by atoms with Gasteiger partial charge in [0.15, 0.2) is 0 Å². The first-order chi connectivity index (χ1) is 14.4. The molecule has 6 atom stereocenters. The number of pyridine rings is 1. The zero-order valence-corrected chi connectivity index (χ0v) is 18.1. The number of carbonyl (C=O) groups is 1. The Balaban J connectivity index is 1.29. The molecule has 5 heterocycles. The molecule has 1 amide bonds. The number of nitrogens with two attached hydrogens (primary N) is 1. The predicted molar refractivity (Wildman–Crippen MR) is 112 cm³/mol. The highest BCUT2D eigenvalue weighted by atomic mass is 35.5. The lowest BCUT2D eigenvalue weighted by Crippen LogP contribution is -2.70. The van der Waals surface area contributed by atoms with Crippen molar-refractivity contribution in [2.75, 3.05) is 26.7 Å². The minimum Gasteiger partial charge on any atom is -0.376 e. The molecule has 0 bridgehead atoms. The van der Waals surface area contributed by atoms with E-state index in [2.05, 4.69) is 33.0 Å². The third-order valence-corrected chi connectivity index (χ3v) is 7.74. The molecule has 10 heteroatoms. The van der Waals surface area contributed by atoms with E-state index in [0.29, 0.717) is 5.15 Å². The molecule has 0 radical (unpaired) electrons. The normalized spacial score (nSPS) is 38.9. The second-order valence-corrected chi connectivity index (χ2v) is 9.50. The number of carbonyl (C=O) groups excluding carboxylic acids is 1. The van der Waals surface area contributed by atoms with E-state index in [1.165, 1.54) is 0 Å². The average Bonchev–Trinajstić information content (AvgIpc) is 3.29. The van der Waals surface area contributed by atoms with Gasteiger partial charge >= 0.3 is 0 Å². The summed E-state index contributed by atoms with van der Waals surface area (Å²) in [5.74, 6) is -0.160. The average molecular weight is 436 g/mol. The first-order valence-electron chi connectivity index (χ1n) is 10.7. The highest BCUT2D eigenvalue weighted by molar-refractivity contribution is 6.29. The SMILES string of the molecule is C[C@@H]1OCC2(CCN(C3NC4NNC(c5ccnc(Cl)c5)C4C(=O)N3C)CC2)[C@@H]1N. The van der Waals surface area contributed by atoms with Crippen LogP contribution in [0.15, 0.2) is 18.3 Å². The number of halogens is 1. The van der Waals surface area contributed by atoms with Crippen LogP contribution in [0.3, 0.4) is 0 Å². The van der Waals surface area contributed by atoms with Crippen molar-refractivity contribution in [2.24, 2.45) is 17.1 Å². The largest absolute Gasteiger partial charge is 0.376 e.